The van der Waals surface area contributed by atoms with E-state index in [0.29, 0.717) is 49.0 Å². The fourth-order valence-electron chi connectivity index (χ4n) is 6.01. The molecule has 0 unspecified atom stereocenters. The van der Waals surface area contributed by atoms with Crippen LogP contribution < -0.4 is 10.2 Å². The van der Waals surface area contributed by atoms with Gasteiger partial charge in [-0.15, -0.1) is 11.3 Å². The van der Waals surface area contributed by atoms with Gasteiger partial charge in [0.1, 0.15) is 10.7 Å². The van der Waals surface area contributed by atoms with E-state index in [9.17, 15) is 14.4 Å². The Kier molecular flexibility index (Phi) is 8.32. The van der Waals surface area contributed by atoms with Crippen molar-refractivity contribution in [3.63, 3.8) is 0 Å². The Balaban J connectivity index is 1.24. The lowest BCUT2D eigenvalue weighted by molar-refractivity contribution is -0.127. The number of rotatable bonds is 10. The summed E-state index contributed by atoms with van der Waals surface area (Å²) in [5, 5.41) is 5.52. The number of nitrogens with zero attached hydrogens (tertiary/aromatic N) is 5. The number of aromatic nitrogens is 3. The van der Waals surface area contributed by atoms with Gasteiger partial charge >= 0.3 is 0 Å². The van der Waals surface area contributed by atoms with Crippen LogP contribution in [0.5, 0.6) is 0 Å². The predicted molar refractivity (Wildman–Crippen MR) is 166 cm³/mol. The minimum Gasteiger partial charge on any atom is -0.343 e. The molecule has 2 fully saturated rings. The number of hydrogen-bond acceptors (Lipinski definition) is 6. The third kappa shape index (κ3) is 6.09. The highest BCUT2D eigenvalue weighted by Gasteiger charge is 2.23. The summed E-state index contributed by atoms with van der Waals surface area (Å²) in [7, 11) is 1.82. The molecular weight excluding hydrogens is 548 g/mol. The zero-order valence-corrected chi connectivity index (χ0v) is 24.7. The molecule has 218 valence electrons. The minimum absolute atomic E-state index is 0.113. The minimum atomic E-state index is -0.330. The quantitative estimate of drug-likeness (QED) is 0.248. The number of imidazole rings is 1. The first-order chi connectivity index (χ1) is 20.5. The van der Waals surface area contributed by atoms with Gasteiger partial charge in [0.15, 0.2) is 0 Å². The second kappa shape index (κ2) is 12.4. The van der Waals surface area contributed by atoms with Crippen molar-refractivity contribution in [3.05, 3.63) is 59.6 Å². The van der Waals surface area contributed by atoms with Crippen LogP contribution >= 0.6 is 11.3 Å². The van der Waals surface area contributed by atoms with E-state index in [1.54, 1.807) is 10.3 Å². The topological polar surface area (TPSA) is 100 Å². The smallest absolute Gasteiger partial charge is 0.277 e. The highest BCUT2D eigenvalue weighted by atomic mass is 32.1. The Morgan fingerprint density at radius 2 is 1.86 bits per heavy atom. The molecule has 9 nitrogen and oxygen atoms in total. The third-order valence-electron chi connectivity index (χ3n) is 8.40. The van der Waals surface area contributed by atoms with Crippen LogP contribution in [-0.2, 0) is 16.1 Å². The monoisotopic (exact) mass is 584 g/mol. The summed E-state index contributed by atoms with van der Waals surface area (Å²) in [4.78, 5) is 51.4. The van der Waals surface area contributed by atoms with E-state index in [0.717, 1.165) is 54.0 Å². The largest absolute Gasteiger partial charge is 0.343 e. The first-order valence-corrected chi connectivity index (χ1v) is 15.7. The molecule has 2 aromatic carbocycles. The Labute approximate surface area is 249 Å². The van der Waals surface area contributed by atoms with Gasteiger partial charge in [-0.2, -0.15) is 0 Å². The standard InChI is InChI=1S/C32H36N6O3S/c1-36(29(40)19-22-9-5-6-10-22)24-14-15-27-25(20-24)34-32(38(27)18-8-17-37-16-7-13-28(37)39)35-30(41)26-21-42-31(33-26)23-11-3-2-4-12-23/h2-4,11-12,14-15,20-22H,5-10,13,16-19H2,1H3,(H,34,35,41). The maximum atomic E-state index is 13.3. The molecule has 3 amide bonds. The van der Waals surface area contributed by atoms with Gasteiger partial charge in [0.25, 0.3) is 5.91 Å². The number of anilines is 2. The molecule has 1 saturated carbocycles. The van der Waals surface area contributed by atoms with Crippen molar-refractivity contribution < 1.29 is 14.4 Å². The molecule has 0 spiro atoms. The number of carbonyl (C=O) groups excluding carboxylic acids is 3. The highest BCUT2D eigenvalue weighted by molar-refractivity contribution is 7.13. The van der Waals surface area contributed by atoms with Crippen molar-refractivity contribution in [2.24, 2.45) is 5.92 Å². The molecule has 0 bridgehead atoms. The van der Waals surface area contributed by atoms with E-state index in [1.807, 2.05) is 65.0 Å². The van der Waals surface area contributed by atoms with E-state index in [1.165, 1.54) is 24.2 Å². The summed E-state index contributed by atoms with van der Waals surface area (Å²) in [6.45, 7) is 2.04. The number of likely N-dealkylation sites (tertiary alicyclic amines) is 1. The number of aryl methyl sites for hydroxylation is 1. The zero-order chi connectivity index (χ0) is 29.1. The number of amides is 3. The molecule has 1 N–H and O–H groups in total. The van der Waals surface area contributed by atoms with Crippen LogP contribution in [0, 0.1) is 5.92 Å². The molecule has 4 aromatic rings. The SMILES string of the molecule is CN(C(=O)CC1CCCC1)c1ccc2c(c1)nc(NC(=O)c1csc(-c3ccccc3)n1)n2CCCN1CCCC1=O. The Morgan fingerprint density at radius 1 is 1.05 bits per heavy atom. The van der Waals surface area contributed by atoms with Crippen LogP contribution in [0.4, 0.5) is 11.6 Å². The van der Waals surface area contributed by atoms with Crippen molar-refractivity contribution >= 4 is 51.7 Å². The first-order valence-electron chi connectivity index (χ1n) is 14.8. The van der Waals surface area contributed by atoms with E-state index in [-0.39, 0.29) is 17.7 Å². The second-order valence-electron chi connectivity index (χ2n) is 11.3. The summed E-state index contributed by atoms with van der Waals surface area (Å²) in [6.07, 6.45) is 7.49. The van der Waals surface area contributed by atoms with Crippen LogP contribution in [0.3, 0.4) is 0 Å². The van der Waals surface area contributed by atoms with Crippen molar-refractivity contribution in [2.75, 3.05) is 30.4 Å². The van der Waals surface area contributed by atoms with Gasteiger partial charge in [-0.05, 0) is 49.8 Å². The van der Waals surface area contributed by atoms with Gasteiger partial charge in [0, 0.05) is 56.2 Å². The van der Waals surface area contributed by atoms with E-state index in [4.69, 9.17) is 4.98 Å². The molecule has 0 atom stereocenters. The van der Waals surface area contributed by atoms with E-state index in [2.05, 4.69) is 10.3 Å². The predicted octanol–water partition coefficient (Wildman–Crippen LogP) is 5.97. The fourth-order valence-corrected chi connectivity index (χ4v) is 6.81. The van der Waals surface area contributed by atoms with Gasteiger partial charge in [-0.1, -0.05) is 43.2 Å². The van der Waals surface area contributed by atoms with Crippen LogP contribution in [-0.4, -0.2) is 57.3 Å². The summed E-state index contributed by atoms with van der Waals surface area (Å²) in [6, 6.07) is 15.6. The Morgan fingerprint density at radius 3 is 2.62 bits per heavy atom. The van der Waals surface area contributed by atoms with E-state index >= 15 is 0 Å². The van der Waals surface area contributed by atoms with Crippen LogP contribution in [0.15, 0.2) is 53.9 Å². The lowest BCUT2D eigenvalue weighted by Crippen LogP contribution is -2.27. The summed E-state index contributed by atoms with van der Waals surface area (Å²) in [5.74, 6) is 0.882. The summed E-state index contributed by atoms with van der Waals surface area (Å²) < 4.78 is 1.99. The Bertz CT molecular complexity index is 1590. The molecule has 2 aromatic heterocycles. The van der Waals surface area contributed by atoms with Gasteiger partial charge in [-0.25, -0.2) is 9.97 Å². The zero-order valence-electron chi connectivity index (χ0n) is 23.9. The molecule has 3 heterocycles. The molecule has 6 rings (SSSR count). The van der Waals surface area contributed by atoms with E-state index < -0.39 is 0 Å². The second-order valence-corrected chi connectivity index (χ2v) is 12.1. The van der Waals surface area contributed by atoms with Crippen molar-refractivity contribution in [1.29, 1.82) is 0 Å². The number of thiazole rings is 1. The number of carbonyl (C=O) groups is 3. The molecular formula is C32H36N6O3S. The highest BCUT2D eigenvalue weighted by Crippen LogP contribution is 2.30. The van der Waals surface area contributed by atoms with Gasteiger partial charge in [-0.3, -0.25) is 19.7 Å². The lowest BCUT2D eigenvalue weighted by atomic mass is 10.0. The summed E-state index contributed by atoms with van der Waals surface area (Å²) >= 11 is 1.42. The van der Waals surface area contributed by atoms with Gasteiger partial charge in [0.05, 0.1) is 11.0 Å². The van der Waals surface area contributed by atoms with Gasteiger partial charge in [0.2, 0.25) is 17.8 Å². The van der Waals surface area contributed by atoms with Crippen molar-refractivity contribution in [3.8, 4) is 10.6 Å². The van der Waals surface area contributed by atoms with Crippen molar-refractivity contribution in [2.45, 2.75) is 57.9 Å². The first kappa shape index (κ1) is 28.1. The maximum absolute atomic E-state index is 13.3. The summed E-state index contributed by atoms with van der Waals surface area (Å²) in [5.41, 5.74) is 3.63. The maximum Gasteiger partial charge on any atom is 0.277 e. The van der Waals surface area contributed by atoms with Crippen molar-refractivity contribution in [1.82, 2.24) is 19.4 Å². The van der Waals surface area contributed by atoms with Gasteiger partial charge < -0.3 is 14.4 Å². The molecule has 1 aliphatic heterocycles. The fraction of sp³-hybridized carbons (Fsp3) is 0.406. The molecule has 10 heteroatoms. The van der Waals surface area contributed by atoms with Crippen LogP contribution in [0.2, 0.25) is 0 Å². The molecule has 1 saturated heterocycles. The average molecular weight is 585 g/mol. The average Bonchev–Trinajstić information content (AvgIpc) is 3.82. The van der Waals surface area contributed by atoms with Crippen LogP contribution in [0.1, 0.15) is 61.9 Å². The number of benzene rings is 2. The molecule has 2 aliphatic rings. The van der Waals surface area contributed by atoms with Crippen LogP contribution in [0.25, 0.3) is 21.6 Å². The Hall–Kier alpha value is -4.05. The number of hydrogen-bond donors (Lipinski definition) is 1. The normalized spacial score (nSPS) is 15.5. The molecule has 42 heavy (non-hydrogen) atoms. The molecule has 0 radical (unpaired) electrons. The number of fused-ring (bicyclic) bond motifs is 1. The molecule has 1 aliphatic carbocycles. The number of nitrogens with one attached hydrogen (secondary N) is 1. The lowest BCUT2D eigenvalue weighted by Gasteiger charge is -2.19. The third-order valence-corrected chi connectivity index (χ3v) is 9.29.